The number of hydrogen-bond acceptors (Lipinski definition) is 3. The molecule has 1 aliphatic rings. The van der Waals surface area contributed by atoms with Gasteiger partial charge in [-0.05, 0) is 30.7 Å². The number of rotatable bonds is 4. The standard InChI is InChI=1S/C14H16FNO2/c1-3-18-14-13(17-2)8-11(9-16-14)10-4-6-12(15)7-5-10/h4-9,14,16H,3H2,1-2H3. The Hall–Kier alpha value is -1.81. The molecule has 1 N–H and O–H groups in total. The van der Waals surface area contributed by atoms with Crippen molar-refractivity contribution in [2.75, 3.05) is 13.7 Å². The highest BCUT2D eigenvalue weighted by molar-refractivity contribution is 5.75. The summed E-state index contributed by atoms with van der Waals surface area (Å²) in [5.74, 6) is 0.463. The van der Waals surface area contributed by atoms with Gasteiger partial charge in [0.25, 0.3) is 0 Å². The Morgan fingerprint density at radius 2 is 2.00 bits per heavy atom. The predicted molar refractivity (Wildman–Crippen MR) is 68.0 cm³/mol. The van der Waals surface area contributed by atoms with E-state index in [1.165, 1.54) is 12.1 Å². The second-order valence-corrected chi connectivity index (χ2v) is 3.86. The van der Waals surface area contributed by atoms with Gasteiger partial charge in [-0.15, -0.1) is 0 Å². The van der Waals surface area contributed by atoms with Crippen molar-refractivity contribution in [3.8, 4) is 0 Å². The first-order chi connectivity index (χ1) is 8.74. The first-order valence-corrected chi connectivity index (χ1v) is 5.84. The number of methoxy groups -OCH3 is 1. The summed E-state index contributed by atoms with van der Waals surface area (Å²) in [5.41, 5.74) is 1.86. The second kappa shape index (κ2) is 5.69. The third kappa shape index (κ3) is 2.71. The molecule has 1 heterocycles. The Bertz CT molecular complexity index is 465. The van der Waals surface area contributed by atoms with E-state index in [1.807, 2.05) is 19.2 Å². The molecule has 1 aromatic rings. The number of benzene rings is 1. The average Bonchev–Trinajstić information content (AvgIpc) is 2.40. The summed E-state index contributed by atoms with van der Waals surface area (Å²) in [7, 11) is 1.60. The quantitative estimate of drug-likeness (QED) is 0.890. The van der Waals surface area contributed by atoms with Gasteiger partial charge in [-0.25, -0.2) is 4.39 Å². The Morgan fingerprint density at radius 3 is 2.61 bits per heavy atom. The van der Waals surface area contributed by atoms with Gasteiger partial charge in [0.05, 0.1) is 7.11 Å². The lowest BCUT2D eigenvalue weighted by Gasteiger charge is -2.24. The minimum Gasteiger partial charge on any atom is -0.496 e. The molecule has 0 aliphatic carbocycles. The number of halogens is 1. The van der Waals surface area contributed by atoms with E-state index in [1.54, 1.807) is 19.2 Å². The van der Waals surface area contributed by atoms with Crippen molar-refractivity contribution in [3.05, 3.63) is 53.7 Å². The molecule has 18 heavy (non-hydrogen) atoms. The van der Waals surface area contributed by atoms with Crippen LogP contribution in [0.2, 0.25) is 0 Å². The molecule has 1 atom stereocenters. The number of ether oxygens (including phenoxy) is 2. The minimum atomic E-state index is -0.260. The molecular formula is C14H16FNO2. The normalized spacial score (nSPS) is 18.7. The maximum Gasteiger partial charge on any atom is 0.185 e. The van der Waals surface area contributed by atoms with Gasteiger partial charge in [0.15, 0.2) is 6.23 Å². The molecule has 4 heteroatoms. The summed E-state index contributed by atoms with van der Waals surface area (Å²) in [6.45, 7) is 2.52. The molecular weight excluding hydrogens is 233 g/mol. The number of dihydropyridines is 1. The molecule has 0 amide bonds. The van der Waals surface area contributed by atoms with Crippen LogP contribution in [0.4, 0.5) is 4.39 Å². The molecule has 96 valence electrons. The zero-order valence-corrected chi connectivity index (χ0v) is 10.4. The van der Waals surface area contributed by atoms with Crippen molar-refractivity contribution in [3.63, 3.8) is 0 Å². The SMILES string of the molecule is CCOC1NC=C(c2ccc(F)cc2)C=C1OC. The molecule has 0 radical (unpaired) electrons. The van der Waals surface area contributed by atoms with E-state index in [4.69, 9.17) is 9.47 Å². The molecule has 1 aliphatic heterocycles. The van der Waals surface area contributed by atoms with E-state index in [0.29, 0.717) is 12.4 Å². The Morgan fingerprint density at radius 1 is 1.28 bits per heavy atom. The van der Waals surface area contributed by atoms with E-state index in [9.17, 15) is 4.39 Å². The summed E-state index contributed by atoms with van der Waals surface area (Å²) >= 11 is 0. The first-order valence-electron chi connectivity index (χ1n) is 5.84. The van der Waals surface area contributed by atoms with Crippen molar-refractivity contribution in [1.29, 1.82) is 0 Å². The summed E-state index contributed by atoms with van der Waals surface area (Å²) < 4.78 is 23.6. The minimum absolute atomic E-state index is 0.244. The maximum absolute atomic E-state index is 12.9. The monoisotopic (exact) mass is 249 g/mol. The van der Waals surface area contributed by atoms with Gasteiger partial charge < -0.3 is 14.8 Å². The zero-order chi connectivity index (χ0) is 13.0. The number of nitrogens with one attached hydrogen (secondary N) is 1. The maximum atomic E-state index is 12.9. The summed E-state index contributed by atoms with van der Waals surface area (Å²) in [5, 5.41) is 3.11. The fourth-order valence-corrected chi connectivity index (χ4v) is 1.79. The lowest BCUT2D eigenvalue weighted by molar-refractivity contribution is 0.0335. The van der Waals surface area contributed by atoms with Crippen molar-refractivity contribution in [1.82, 2.24) is 5.32 Å². The summed E-state index contributed by atoms with van der Waals surface area (Å²) in [4.78, 5) is 0. The highest BCUT2D eigenvalue weighted by Gasteiger charge is 2.18. The number of allylic oxidation sites excluding steroid dienone is 2. The largest absolute Gasteiger partial charge is 0.496 e. The highest BCUT2D eigenvalue weighted by atomic mass is 19.1. The van der Waals surface area contributed by atoms with Gasteiger partial charge >= 0.3 is 0 Å². The lowest BCUT2D eigenvalue weighted by Crippen LogP contribution is -2.33. The van der Waals surface area contributed by atoms with E-state index in [-0.39, 0.29) is 12.0 Å². The average molecular weight is 249 g/mol. The van der Waals surface area contributed by atoms with Gasteiger partial charge in [0.1, 0.15) is 11.6 Å². The van der Waals surface area contributed by atoms with E-state index in [2.05, 4.69) is 5.32 Å². The van der Waals surface area contributed by atoms with Gasteiger partial charge in [-0.1, -0.05) is 12.1 Å². The highest BCUT2D eigenvalue weighted by Crippen LogP contribution is 2.23. The Labute approximate surface area is 106 Å². The third-order valence-electron chi connectivity index (χ3n) is 2.69. The van der Waals surface area contributed by atoms with E-state index in [0.717, 1.165) is 11.1 Å². The molecule has 1 aromatic carbocycles. The number of hydrogen-bond donors (Lipinski definition) is 1. The fourth-order valence-electron chi connectivity index (χ4n) is 1.79. The first kappa shape index (κ1) is 12.6. The van der Waals surface area contributed by atoms with Gasteiger partial charge in [0, 0.05) is 18.4 Å². The van der Waals surface area contributed by atoms with Crippen LogP contribution in [-0.2, 0) is 9.47 Å². The van der Waals surface area contributed by atoms with Crippen molar-refractivity contribution >= 4 is 5.57 Å². The van der Waals surface area contributed by atoms with Crippen molar-refractivity contribution < 1.29 is 13.9 Å². The zero-order valence-electron chi connectivity index (χ0n) is 10.4. The second-order valence-electron chi connectivity index (χ2n) is 3.86. The van der Waals surface area contributed by atoms with Crippen LogP contribution >= 0.6 is 0 Å². The molecule has 0 saturated carbocycles. The molecule has 0 saturated heterocycles. The molecule has 0 aromatic heterocycles. The smallest absolute Gasteiger partial charge is 0.185 e. The topological polar surface area (TPSA) is 30.5 Å². The van der Waals surface area contributed by atoms with Crippen LogP contribution in [0.5, 0.6) is 0 Å². The molecule has 2 rings (SSSR count). The summed E-state index contributed by atoms with van der Waals surface area (Å²) in [6, 6.07) is 6.33. The molecule has 0 fully saturated rings. The molecule has 1 unspecified atom stereocenters. The third-order valence-corrected chi connectivity index (χ3v) is 2.69. The van der Waals surface area contributed by atoms with Crippen LogP contribution in [-0.4, -0.2) is 19.9 Å². The fraction of sp³-hybridized carbons (Fsp3) is 0.286. The van der Waals surface area contributed by atoms with Crippen molar-refractivity contribution in [2.24, 2.45) is 0 Å². The van der Waals surface area contributed by atoms with E-state index >= 15 is 0 Å². The Kier molecular flexibility index (Phi) is 3.99. The van der Waals surface area contributed by atoms with Crippen LogP contribution in [0.3, 0.4) is 0 Å². The van der Waals surface area contributed by atoms with Gasteiger partial charge in [-0.2, -0.15) is 0 Å². The molecule has 3 nitrogen and oxygen atoms in total. The van der Waals surface area contributed by atoms with Crippen LogP contribution < -0.4 is 5.32 Å². The Balaban J connectivity index is 2.21. The predicted octanol–water partition coefficient (Wildman–Crippen LogP) is 2.66. The van der Waals surface area contributed by atoms with Crippen LogP contribution in [0.1, 0.15) is 12.5 Å². The van der Waals surface area contributed by atoms with E-state index < -0.39 is 0 Å². The lowest BCUT2D eigenvalue weighted by atomic mass is 10.0. The molecule has 0 spiro atoms. The van der Waals surface area contributed by atoms with Crippen molar-refractivity contribution in [2.45, 2.75) is 13.2 Å². The summed E-state index contributed by atoms with van der Waals surface area (Å²) in [6.07, 6.45) is 3.48. The van der Waals surface area contributed by atoms with Gasteiger partial charge in [-0.3, -0.25) is 0 Å². The van der Waals surface area contributed by atoms with Gasteiger partial charge in [0.2, 0.25) is 0 Å². The van der Waals surface area contributed by atoms with Crippen LogP contribution in [0.25, 0.3) is 5.57 Å². The van der Waals surface area contributed by atoms with Crippen LogP contribution in [0.15, 0.2) is 42.3 Å². The molecule has 0 bridgehead atoms. The van der Waals surface area contributed by atoms with Crippen LogP contribution in [0, 0.1) is 5.82 Å².